The van der Waals surface area contributed by atoms with Gasteiger partial charge in [-0.15, -0.1) is 0 Å². The highest BCUT2D eigenvalue weighted by molar-refractivity contribution is 6.04. The van der Waals surface area contributed by atoms with Crippen molar-refractivity contribution in [1.82, 2.24) is 14.8 Å². The lowest BCUT2D eigenvalue weighted by molar-refractivity contribution is -0.137. The lowest BCUT2D eigenvalue weighted by Crippen LogP contribution is -2.15. The zero-order chi connectivity index (χ0) is 23.2. The fraction of sp³-hybridized carbons (Fsp3) is 0.208. The Bertz CT molecular complexity index is 1360. The van der Waals surface area contributed by atoms with Gasteiger partial charge in [0.25, 0.3) is 5.91 Å². The molecule has 1 N–H and O–H groups in total. The number of carbonyl (C=O) groups is 1. The molecule has 8 heteroatoms. The molecule has 4 aromatic rings. The SMILES string of the molecule is Cc1cc(-c2ccc3cc(C(F)(F)F)ccc3n2)c(C)cc1NC(=O)c1nn(C)cc1C. The Morgan fingerprint density at radius 2 is 1.72 bits per heavy atom. The van der Waals surface area contributed by atoms with E-state index < -0.39 is 11.7 Å². The predicted octanol–water partition coefficient (Wildman–Crippen LogP) is 5.83. The minimum Gasteiger partial charge on any atom is -0.320 e. The Morgan fingerprint density at radius 3 is 2.38 bits per heavy atom. The number of aryl methyl sites for hydroxylation is 4. The van der Waals surface area contributed by atoms with Crippen LogP contribution in [-0.4, -0.2) is 20.7 Å². The number of nitrogens with one attached hydrogen (secondary N) is 1. The largest absolute Gasteiger partial charge is 0.416 e. The van der Waals surface area contributed by atoms with E-state index in [9.17, 15) is 18.0 Å². The third kappa shape index (κ3) is 4.08. The van der Waals surface area contributed by atoms with Gasteiger partial charge >= 0.3 is 6.18 Å². The van der Waals surface area contributed by atoms with Crippen molar-refractivity contribution in [3.63, 3.8) is 0 Å². The number of anilines is 1. The van der Waals surface area contributed by atoms with Gasteiger partial charge in [0.05, 0.1) is 16.8 Å². The second-order valence-corrected chi connectivity index (χ2v) is 7.87. The molecule has 0 saturated heterocycles. The van der Waals surface area contributed by atoms with Crippen LogP contribution in [0.2, 0.25) is 0 Å². The van der Waals surface area contributed by atoms with Gasteiger partial charge in [0, 0.05) is 35.4 Å². The number of fused-ring (bicyclic) bond motifs is 1. The molecule has 0 aliphatic heterocycles. The van der Waals surface area contributed by atoms with Gasteiger partial charge in [-0.05, 0) is 68.3 Å². The normalized spacial score (nSPS) is 11.7. The van der Waals surface area contributed by atoms with Gasteiger partial charge < -0.3 is 5.32 Å². The molecular formula is C24H21F3N4O. The van der Waals surface area contributed by atoms with E-state index in [1.54, 1.807) is 30.1 Å². The summed E-state index contributed by atoms with van der Waals surface area (Å²) in [4.78, 5) is 17.2. The van der Waals surface area contributed by atoms with E-state index in [0.717, 1.165) is 34.4 Å². The van der Waals surface area contributed by atoms with Crippen molar-refractivity contribution in [3.8, 4) is 11.3 Å². The maximum Gasteiger partial charge on any atom is 0.416 e. The zero-order valence-corrected chi connectivity index (χ0v) is 18.0. The summed E-state index contributed by atoms with van der Waals surface area (Å²) in [5.41, 5.74) is 4.80. The third-order valence-electron chi connectivity index (χ3n) is 5.34. The Labute approximate surface area is 182 Å². The molecule has 0 aliphatic rings. The molecule has 0 aliphatic carbocycles. The van der Waals surface area contributed by atoms with E-state index in [1.165, 1.54) is 6.07 Å². The predicted molar refractivity (Wildman–Crippen MR) is 118 cm³/mol. The number of alkyl halides is 3. The van der Waals surface area contributed by atoms with Crippen molar-refractivity contribution in [3.05, 3.63) is 76.6 Å². The first kappa shape index (κ1) is 21.5. The van der Waals surface area contributed by atoms with Crippen LogP contribution < -0.4 is 5.32 Å². The summed E-state index contributed by atoms with van der Waals surface area (Å²) < 4.78 is 40.5. The summed E-state index contributed by atoms with van der Waals surface area (Å²) in [6, 6.07) is 10.6. The van der Waals surface area contributed by atoms with Gasteiger partial charge in [-0.2, -0.15) is 18.3 Å². The Kier molecular flexibility index (Phi) is 5.24. The van der Waals surface area contributed by atoms with Crippen LogP contribution in [0.25, 0.3) is 22.2 Å². The van der Waals surface area contributed by atoms with Gasteiger partial charge in [0.15, 0.2) is 5.69 Å². The average Bonchev–Trinajstić information content (AvgIpc) is 3.07. The molecule has 0 unspecified atom stereocenters. The summed E-state index contributed by atoms with van der Waals surface area (Å²) in [5.74, 6) is -0.289. The first-order chi connectivity index (χ1) is 15.0. The number of carbonyl (C=O) groups excluding carboxylic acids is 1. The monoisotopic (exact) mass is 438 g/mol. The smallest absolute Gasteiger partial charge is 0.320 e. The molecule has 164 valence electrons. The maximum absolute atomic E-state index is 13.0. The summed E-state index contributed by atoms with van der Waals surface area (Å²) in [6.07, 6.45) is -2.62. The first-order valence-electron chi connectivity index (χ1n) is 9.94. The number of amides is 1. The Balaban J connectivity index is 1.66. The van der Waals surface area contributed by atoms with Crippen LogP contribution in [0.3, 0.4) is 0 Å². The summed E-state index contributed by atoms with van der Waals surface area (Å²) in [6.45, 7) is 5.60. The summed E-state index contributed by atoms with van der Waals surface area (Å²) in [7, 11) is 1.76. The van der Waals surface area contributed by atoms with Gasteiger partial charge in [0.1, 0.15) is 0 Å². The highest BCUT2D eigenvalue weighted by Gasteiger charge is 2.30. The number of rotatable bonds is 3. The van der Waals surface area contributed by atoms with Crippen LogP contribution in [0.1, 0.15) is 32.7 Å². The van der Waals surface area contributed by atoms with E-state index >= 15 is 0 Å². The number of aromatic nitrogens is 3. The number of pyridine rings is 1. The third-order valence-corrected chi connectivity index (χ3v) is 5.34. The van der Waals surface area contributed by atoms with Gasteiger partial charge in [-0.25, -0.2) is 4.98 Å². The van der Waals surface area contributed by atoms with Gasteiger partial charge in [-0.3, -0.25) is 9.48 Å². The van der Waals surface area contributed by atoms with Crippen LogP contribution in [0.4, 0.5) is 18.9 Å². The maximum atomic E-state index is 13.0. The van der Waals surface area contributed by atoms with E-state index in [1.807, 2.05) is 32.9 Å². The molecule has 32 heavy (non-hydrogen) atoms. The van der Waals surface area contributed by atoms with Crippen molar-refractivity contribution in [1.29, 1.82) is 0 Å². The fourth-order valence-electron chi connectivity index (χ4n) is 3.69. The van der Waals surface area contributed by atoms with Crippen molar-refractivity contribution >= 4 is 22.5 Å². The molecule has 0 saturated carbocycles. The quantitative estimate of drug-likeness (QED) is 0.438. The molecule has 2 aromatic carbocycles. The van der Waals surface area contributed by atoms with Crippen LogP contribution in [0, 0.1) is 20.8 Å². The van der Waals surface area contributed by atoms with Crippen molar-refractivity contribution in [2.75, 3.05) is 5.32 Å². The van der Waals surface area contributed by atoms with Gasteiger partial charge in [-0.1, -0.05) is 6.07 Å². The number of hydrogen-bond acceptors (Lipinski definition) is 3. The number of nitrogens with zero attached hydrogens (tertiary/aromatic N) is 3. The van der Waals surface area contributed by atoms with E-state index in [-0.39, 0.29) is 5.91 Å². The topological polar surface area (TPSA) is 59.8 Å². The van der Waals surface area contributed by atoms with E-state index in [2.05, 4.69) is 15.4 Å². The van der Waals surface area contributed by atoms with Crippen LogP contribution >= 0.6 is 0 Å². The van der Waals surface area contributed by atoms with Crippen LogP contribution in [0.15, 0.2) is 48.7 Å². The zero-order valence-electron chi connectivity index (χ0n) is 18.0. The molecular weight excluding hydrogens is 417 g/mol. The summed E-state index contributed by atoms with van der Waals surface area (Å²) >= 11 is 0. The number of halogens is 3. The minimum absolute atomic E-state index is 0.289. The Morgan fingerprint density at radius 1 is 0.969 bits per heavy atom. The van der Waals surface area contributed by atoms with E-state index in [0.29, 0.717) is 28.0 Å². The standard InChI is InChI=1S/C24H21F3N4O/c1-13-10-21(29-23(32)22-15(3)12-31(4)30-22)14(2)9-18(13)20-7-5-16-11-17(24(25,26)27)6-8-19(16)28-20/h5-12H,1-4H3,(H,29,32). The molecule has 1 amide bonds. The highest BCUT2D eigenvalue weighted by atomic mass is 19.4. The lowest BCUT2D eigenvalue weighted by atomic mass is 9.99. The van der Waals surface area contributed by atoms with Crippen molar-refractivity contribution in [2.45, 2.75) is 26.9 Å². The van der Waals surface area contributed by atoms with Crippen molar-refractivity contribution in [2.24, 2.45) is 7.05 Å². The number of hydrogen-bond donors (Lipinski definition) is 1. The van der Waals surface area contributed by atoms with Crippen LogP contribution in [-0.2, 0) is 13.2 Å². The summed E-state index contributed by atoms with van der Waals surface area (Å²) in [5, 5.41) is 7.53. The second kappa shape index (κ2) is 7.78. The number of benzene rings is 2. The molecule has 4 rings (SSSR count). The van der Waals surface area contributed by atoms with E-state index in [4.69, 9.17) is 0 Å². The minimum atomic E-state index is -4.39. The average molecular weight is 438 g/mol. The molecule has 0 atom stereocenters. The van der Waals surface area contributed by atoms with Gasteiger partial charge in [0.2, 0.25) is 0 Å². The molecule has 0 radical (unpaired) electrons. The van der Waals surface area contributed by atoms with Crippen LogP contribution in [0.5, 0.6) is 0 Å². The van der Waals surface area contributed by atoms with Crippen molar-refractivity contribution < 1.29 is 18.0 Å². The molecule has 2 aromatic heterocycles. The highest BCUT2D eigenvalue weighted by Crippen LogP contribution is 2.33. The first-order valence-corrected chi connectivity index (χ1v) is 9.94. The molecule has 2 heterocycles. The fourth-order valence-corrected chi connectivity index (χ4v) is 3.69. The second-order valence-electron chi connectivity index (χ2n) is 7.87. The molecule has 5 nitrogen and oxygen atoms in total. The molecule has 0 fully saturated rings. The lowest BCUT2D eigenvalue weighted by Gasteiger charge is -2.14. The Hall–Kier alpha value is -3.68. The molecule has 0 bridgehead atoms. The molecule has 0 spiro atoms.